The summed E-state index contributed by atoms with van der Waals surface area (Å²) in [7, 11) is 1.56. The van der Waals surface area contributed by atoms with Crippen molar-refractivity contribution in [2.24, 2.45) is 0 Å². The van der Waals surface area contributed by atoms with Crippen LogP contribution in [0.2, 0.25) is 0 Å². The van der Waals surface area contributed by atoms with E-state index in [4.69, 9.17) is 9.15 Å². The number of hydrogen-bond donors (Lipinski definition) is 1. The number of aliphatic hydroxyl groups excluding tert-OH is 1. The maximum atomic E-state index is 13.7. The fraction of sp³-hybridized carbons (Fsp3) is 0.111. The summed E-state index contributed by atoms with van der Waals surface area (Å²) in [5.74, 6) is -1.09. The van der Waals surface area contributed by atoms with Crippen LogP contribution in [0.1, 0.15) is 27.7 Å². The number of methoxy groups -OCH3 is 1. The lowest BCUT2D eigenvalue weighted by atomic mass is 9.94. The van der Waals surface area contributed by atoms with Crippen molar-refractivity contribution >= 4 is 44.3 Å². The Morgan fingerprint density at radius 2 is 1.82 bits per heavy atom. The number of carbonyl (C=O) groups is 2. The molecule has 0 aliphatic carbocycles. The predicted octanol–water partition coefficient (Wildman–Crippen LogP) is 6.30. The molecule has 3 aromatic carbocycles. The summed E-state index contributed by atoms with van der Waals surface area (Å²) in [5, 5.41) is 11.7. The molecule has 0 fully saturated rings. The van der Waals surface area contributed by atoms with Crippen molar-refractivity contribution in [2.75, 3.05) is 12.0 Å². The lowest BCUT2D eigenvalue weighted by Gasteiger charge is -2.27. The molecule has 0 saturated carbocycles. The molecule has 1 atom stereocenters. The van der Waals surface area contributed by atoms with E-state index in [2.05, 4.69) is 15.9 Å². The first kappa shape index (κ1) is 22.0. The van der Waals surface area contributed by atoms with Gasteiger partial charge >= 0.3 is 0 Å². The zero-order chi connectivity index (χ0) is 24.0. The highest BCUT2D eigenvalue weighted by Gasteiger charge is 2.45. The van der Waals surface area contributed by atoms with Crippen molar-refractivity contribution in [3.63, 3.8) is 0 Å². The molecule has 0 spiro atoms. The first-order valence-electron chi connectivity index (χ1n) is 10.6. The van der Waals surface area contributed by atoms with Gasteiger partial charge in [-0.2, -0.15) is 0 Å². The van der Waals surface area contributed by atoms with E-state index in [1.807, 2.05) is 37.3 Å². The first-order valence-corrected chi connectivity index (χ1v) is 11.4. The molecule has 4 aromatic rings. The van der Waals surface area contributed by atoms with Crippen LogP contribution < -0.4 is 9.64 Å². The molecular formula is C27H20BrNO5. The number of hydrogen-bond acceptors (Lipinski definition) is 5. The molecule has 0 radical (unpaired) electrons. The smallest absolute Gasteiger partial charge is 0.294 e. The van der Waals surface area contributed by atoms with E-state index in [-0.39, 0.29) is 11.3 Å². The van der Waals surface area contributed by atoms with Gasteiger partial charge in [0.2, 0.25) is 5.78 Å². The fourth-order valence-electron chi connectivity index (χ4n) is 4.24. The van der Waals surface area contributed by atoms with E-state index in [1.54, 1.807) is 49.6 Å². The van der Waals surface area contributed by atoms with Crippen LogP contribution in [-0.2, 0) is 4.79 Å². The van der Waals surface area contributed by atoms with Crippen LogP contribution in [0.15, 0.2) is 93.0 Å². The van der Waals surface area contributed by atoms with Gasteiger partial charge in [-0.25, -0.2) is 0 Å². The number of aryl methyl sites for hydroxylation is 1. The average Bonchev–Trinajstić information content (AvgIpc) is 3.37. The van der Waals surface area contributed by atoms with Gasteiger partial charge < -0.3 is 14.3 Å². The molecule has 0 saturated heterocycles. The van der Waals surface area contributed by atoms with Crippen molar-refractivity contribution in [3.8, 4) is 5.75 Å². The Morgan fingerprint density at radius 3 is 2.53 bits per heavy atom. The molecule has 1 aliphatic heterocycles. The molecule has 0 bridgehead atoms. The highest BCUT2D eigenvalue weighted by Crippen LogP contribution is 2.43. The number of fused-ring (bicyclic) bond motifs is 1. The third kappa shape index (κ3) is 3.68. The van der Waals surface area contributed by atoms with Gasteiger partial charge in [0.05, 0.1) is 18.7 Å². The van der Waals surface area contributed by atoms with E-state index >= 15 is 0 Å². The van der Waals surface area contributed by atoms with E-state index in [0.29, 0.717) is 22.6 Å². The molecule has 2 heterocycles. The van der Waals surface area contributed by atoms with Crippen molar-refractivity contribution in [1.82, 2.24) is 0 Å². The van der Waals surface area contributed by atoms with Gasteiger partial charge in [-0.15, -0.1) is 0 Å². The van der Waals surface area contributed by atoms with Crippen molar-refractivity contribution < 1.29 is 23.8 Å². The number of halogens is 1. The Bertz CT molecular complexity index is 1470. The Hall–Kier alpha value is -3.84. The average molecular weight is 518 g/mol. The van der Waals surface area contributed by atoms with Gasteiger partial charge in [0, 0.05) is 15.5 Å². The largest absolute Gasteiger partial charge is 0.503 e. The lowest BCUT2D eigenvalue weighted by Crippen LogP contribution is -2.31. The maximum absolute atomic E-state index is 13.7. The lowest BCUT2D eigenvalue weighted by molar-refractivity contribution is -0.117. The summed E-state index contributed by atoms with van der Waals surface area (Å²) in [5.41, 5.74) is 2.68. The van der Waals surface area contributed by atoms with E-state index in [0.717, 1.165) is 15.4 Å². The number of benzene rings is 3. The molecule has 6 nitrogen and oxygen atoms in total. The highest BCUT2D eigenvalue weighted by molar-refractivity contribution is 9.10. The summed E-state index contributed by atoms with van der Waals surface area (Å²) in [6.45, 7) is 1.91. The quantitative estimate of drug-likeness (QED) is 0.314. The second-order valence-corrected chi connectivity index (χ2v) is 8.99. The third-order valence-corrected chi connectivity index (χ3v) is 6.36. The standard InChI is InChI=1S/C27H20BrNO5/c1-15-4-3-5-19(12-15)29-24(16-6-9-20(33-2)10-7-16)23(26(31)27(29)32)25(30)22-14-17-13-18(28)8-11-21(17)34-22/h3-14,24,31H,1-2H3. The molecule has 1 amide bonds. The van der Waals surface area contributed by atoms with Crippen LogP contribution in [0.3, 0.4) is 0 Å². The molecule has 5 rings (SSSR count). The molecule has 1 unspecified atom stereocenters. The summed E-state index contributed by atoms with van der Waals surface area (Å²) in [4.78, 5) is 28.4. The predicted molar refractivity (Wildman–Crippen MR) is 132 cm³/mol. The van der Waals surface area contributed by atoms with Crippen LogP contribution in [0.5, 0.6) is 5.75 Å². The Kier molecular flexibility index (Phi) is 5.49. The number of rotatable bonds is 5. The molecule has 7 heteroatoms. The number of aliphatic hydroxyl groups is 1. The Morgan fingerprint density at radius 1 is 1.06 bits per heavy atom. The molecule has 1 aromatic heterocycles. The van der Waals surface area contributed by atoms with E-state index < -0.39 is 23.5 Å². The van der Waals surface area contributed by atoms with E-state index in [1.165, 1.54) is 4.90 Å². The fourth-order valence-corrected chi connectivity index (χ4v) is 4.62. The van der Waals surface area contributed by atoms with Crippen LogP contribution in [0.4, 0.5) is 5.69 Å². The van der Waals surface area contributed by atoms with Gasteiger partial charge in [-0.05, 0) is 66.6 Å². The zero-order valence-electron chi connectivity index (χ0n) is 18.4. The number of ketones is 1. The topological polar surface area (TPSA) is 80.0 Å². The SMILES string of the molecule is COc1ccc(C2C(C(=O)c3cc4cc(Br)ccc4o3)=C(O)C(=O)N2c2cccc(C)c2)cc1. The summed E-state index contributed by atoms with van der Waals surface area (Å²) in [6, 6.07) is 20.6. The van der Waals surface area contributed by atoms with Gasteiger partial charge in [0.15, 0.2) is 11.5 Å². The zero-order valence-corrected chi connectivity index (χ0v) is 20.0. The first-order chi connectivity index (χ1) is 16.4. The number of ether oxygens (including phenoxy) is 1. The third-order valence-electron chi connectivity index (χ3n) is 5.87. The second kappa shape index (κ2) is 8.50. The molecule has 1 N–H and O–H groups in total. The van der Waals surface area contributed by atoms with Crippen LogP contribution in [0.25, 0.3) is 11.0 Å². The molecule has 34 heavy (non-hydrogen) atoms. The number of nitrogens with zero attached hydrogens (tertiary/aromatic N) is 1. The molecule has 1 aliphatic rings. The number of Topliss-reactive ketones (excluding diaryl/α,β-unsaturated/α-hetero) is 1. The molecular weight excluding hydrogens is 498 g/mol. The number of anilines is 1. The van der Waals surface area contributed by atoms with Gasteiger partial charge in [-0.3, -0.25) is 14.5 Å². The normalized spacial score (nSPS) is 15.9. The summed E-state index contributed by atoms with van der Waals surface area (Å²) < 4.78 is 11.9. The van der Waals surface area contributed by atoms with E-state index in [9.17, 15) is 14.7 Å². The minimum Gasteiger partial charge on any atom is -0.503 e. The van der Waals surface area contributed by atoms with Gasteiger partial charge in [-0.1, -0.05) is 40.2 Å². The Balaban J connectivity index is 1.65. The summed E-state index contributed by atoms with van der Waals surface area (Å²) in [6.07, 6.45) is 0. The van der Waals surface area contributed by atoms with Crippen LogP contribution >= 0.6 is 15.9 Å². The number of carbonyl (C=O) groups excluding carboxylic acids is 2. The molecule has 170 valence electrons. The van der Waals surface area contributed by atoms with Crippen molar-refractivity contribution in [3.05, 3.63) is 105 Å². The minimum absolute atomic E-state index is 0.0326. The highest BCUT2D eigenvalue weighted by atomic mass is 79.9. The minimum atomic E-state index is -0.840. The Labute approximate surface area is 204 Å². The van der Waals surface area contributed by atoms with Crippen LogP contribution in [-0.4, -0.2) is 23.9 Å². The van der Waals surface area contributed by atoms with Crippen molar-refractivity contribution in [1.29, 1.82) is 0 Å². The number of furan rings is 1. The van der Waals surface area contributed by atoms with Gasteiger partial charge in [0.1, 0.15) is 11.3 Å². The maximum Gasteiger partial charge on any atom is 0.294 e. The monoisotopic (exact) mass is 517 g/mol. The second-order valence-electron chi connectivity index (χ2n) is 8.07. The number of amides is 1. The summed E-state index contributed by atoms with van der Waals surface area (Å²) >= 11 is 3.42. The van der Waals surface area contributed by atoms with Crippen LogP contribution in [0, 0.1) is 6.92 Å². The van der Waals surface area contributed by atoms with Crippen molar-refractivity contribution in [2.45, 2.75) is 13.0 Å². The van der Waals surface area contributed by atoms with Gasteiger partial charge in [0.25, 0.3) is 5.91 Å².